The SMILES string of the molecule is O=C(NCC1(C(=O)O)CCCCC1)c1ccc(OCC(F)(F)F)cc1. The Labute approximate surface area is 143 Å². The number of carboxylic acids is 1. The third-order valence-corrected chi connectivity index (χ3v) is 4.37. The average molecular weight is 359 g/mol. The molecule has 8 heteroatoms. The average Bonchev–Trinajstić information content (AvgIpc) is 2.58. The third-order valence-electron chi connectivity index (χ3n) is 4.37. The van der Waals surface area contributed by atoms with Gasteiger partial charge < -0.3 is 15.2 Å². The highest BCUT2D eigenvalue weighted by molar-refractivity contribution is 5.94. The lowest BCUT2D eigenvalue weighted by atomic mass is 9.74. The maximum Gasteiger partial charge on any atom is 0.422 e. The Morgan fingerprint density at radius 1 is 1.12 bits per heavy atom. The van der Waals surface area contributed by atoms with Gasteiger partial charge in [-0.05, 0) is 37.1 Å². The highest BCUT2D eigenvalue weighted by Crippen LogP contribution is 2.36. The molecular weight excluding hydrogens is 339 g/mol. The van der Waals surface area contributed by atoms with Gasteiger partial charge in [-0.15, -0.1) is 0 Å². The molecule has 0 bridgehead atoms. The van der Waals surface area contributed by atoms with Gasteiger partial charge in [0.25, 0.3) is 5.91 Å². The first-order valence-electron chi connectivity index (χ1n) is 8.03. The zero-order valence-corrected chi connectivity index (χ0v) is 13.6. The van der Waals surface area contributed by atoms with E-state index in [4.69, 9.17) is 0 Å². The van der Waals surface area contributed by atoms with Gasteiger partial charge in [0.05, 0.1) is 5.41 Å². The first kappa shape index (κ1) is 19.1. The van der Waals surface area contributed by atoms with Gasteiger partial charge in [0.15, 0.2) is 6.61 Å². The van der Waals surface area contributed by atoms with Crippen molar-refractivity contribution in [2.75, 3.05) is 13.2 Å². The minimum atomic E-state index is -4.43. The second kappa shape index (κ2) is 7.76. The molecule has 1 fully saturated rings. The number of rotatable bonds is 6. The molecule has 0 aliphatic heterocycles. The number of ether oxygens (including phenoxy) is 1. The monoisotopic (exact) mass is 359 g/mol. The fourth-order valence-electron chi connectivity index (χ4n) is 2.91. The molecule has 0 atom stereocenters. The predicted octanol–water partition coefficient (Wildman–Crippen LogP) is 3.39. The van der Waals surface area contributed by atoms with Gasteiger partial charge in [-0.1, -0.05) is 19.3 Å². The molecule has 5 nitrogen and oxygen atoms in total. The van der Waals surface area contributed by atoms with E-state index in [-0.39, 0.29) is 17.9 Å². The Morgan fingerprint density at radius 3 is 2.24 bits per heavy atom. The molecule has 0 unspecified atom stereocenters. The van der Waals surface area contributed by atoms with Gasteiger partial charge in [0.1, 0.15) is 5.75 Å². The lowest BCUT2D eigenvalue weighted by Gasteiger charge is -2.33. The topological polar surface area (TPSA) is 75.6 Å². The number of hydrogen-bond acceptors (Lipinski definition) is 3. The molecule has 1 aliphatic carbocycles. The van der Waals surface area contributed by atoms with Crippen LogP contribution in [0.15, 0.2) is 24.3 Å². The zero-order chi connectivity index (χ0) is 18.5. The van der Waals surface area contributed by atoms with Crippen LogP contribution in [-0.4, -0.2) is 36.3 Å². The summed E-state index contributed by atoms with van der Waals surface area (Å²) in [4.78, 5) is 23.7. The molecule has 1 saturated carbocycles. The van der Waals surface area contributed by atoms with Crippen LogP contribution in [0.25, 0.3) is 0 Å². The lowest BCUT2D eigenvalue weighted by molar-refractivity contribution is -0.153. The summed E-state index contributed by atoms with van der Waals surface area (Å²) < 4.78 is 40.8. The van der Waals surface area contributed by atoms with Crippen molar-refractivity contribution < 1.29 is 32.6 Å². The quantitative estimate of drug-likeness (QED) is 0.816. The van der Waals surface area contributed by atoms with Crippen LogP contribution in [0.4, 0.5) is 13.2 Å². The summed E-state index contributed by atoms with van der Waals surface area (Å²) in [5.74, 6) is -1.37. The second-order valence-corrected chi connectivity index (χ2v) is 6.26. The number of nitrogens with one attached hydrogen (secondary N) is 1. The first-order valence-corrected chi connectivity index (χ1v) is 8.03. The minimum Gasteiger partial charge on any atom is -0.484 e. The van der Waals surface area contributed by atoms with Crippen LogP contribution >= 0.6 is 0 Å². The molecular formula is C17H20F3NO4. The highest BCUT2D eigenvalue weighted by atomic mass is 19.4. The highest BCUT2D eigenvalue weighted by Gasteiger charge is 2.39. The van der Waals surface area contributed by atoms with Crippen molar-refractivity contribution in [3.05, 3.63) is 29.8 Å². The number of carboxylic acid groups (broad SMARTS) is 1. The van der Waals surface area contributed by atoms with Crippen molar-refractivity contribution in [2.45, 2.75) is 38.3 Å². The summed E-state index contributed by atoms with van der Waals surface area (Å²) in [5, 5.41) is 12.1. The van der Waals surface area contributed by atoms with Gasteiger partial charge >= 0.3 is 12.1 Å². The van der Waals surface area contributed by atoms with Crippen molar-refractivity contribution in [3.8, 4) is 5.75 Å². The molecule has 25 heavy (non-hydrogen) atoms. The summed E-state index contributed by atoms with van der Waals surface area (Å²) in [7, 11) is 0. The summed E-state index contributed by atoms with van der Waals surface area (Å²) in [6, 6.07) is 5.23. The molecule has 1 aromatic carbocycles. The van der Waals surface area contributed by atoms with E-state index >= 15 is 0 Å². The van der Waals surface area contributed by atoms with Gasteiger partial charge in [-0.3, -0.25) is 9.59 Å². The van der Waals surface area contributed by atoms with Crippen molar-refractivity contribution in [1.82, 2.24) is 5.32 Å². The standard InChI is InChI=1S/C17H20F3NO4/c18-17(19,20)11-25-13-6-4-12(5-7-13)14(22)21-10-16(15(23)24)8-2-1-3-9-16/h4-7H,1-3,8-11H2,(H,21,22)(H,23,24). The van der Waals surface area contributed by atoms with E-state index in [0.29, 0.717) is 12.8 Å². The number of carbonyl (C=O) groups is 2. The Morgan fingerprint density at radius 2 is 1.72 bits per heavy atom. The Balaban J connectivity index is 1.93. The van der Waals surface area contributed by atoms with Crippen LogP contribution in [0.5, 0.6) is 5.75 Å². The molecule has 138 valence electrons. The van der Waals surface area contributed by atoms with E-state index in [1.807, 2.05) is 0 Å². The van der Waals surface area contributed by atoms with Crippen molar-refractivity contribution in [2.24, 2.45) is 5.41 Å². The molecule has 0 radical (unpaired) electrons. The van der Waals surface area contributed by atoms with Crippen molar-refractivity contribution in [3.63, 3.8) is 0 Å². The predicted molar refractivity (Wildman–Crippen MR) is 83.5 cm³/mol. The van der Waals surface area contributed by atoms with E-state index < -0.39 is 30.1 Å². The van der Waals surface area contributed by atoms with E-state index in [1.54, 1.807) is 0 Å². The van der Waals surface area contributed by atoms with Crippen LogP contribution < -0.4 is 10.1 Å². The number of amides is 1. The third kappa shape index (κ3) is 5.37. The van der Waals surface area contributed by atoms with Crippen LogP contribution in [0.3, 0.4) is 0 Å². The molecule has 0 saturated heterocycles. The first-order chi connectivity index (χ1) is 11.7. The number of hydrogen-bond donors (Lipinski definition) is 2. The van der Waals surface area contributed by atoms with E-state index in [9.17, 15) is 27.9 Å². The van der Waals surface area contributed by atoms with Crippen molar-refractivity contribution in [1.29, 1.82) is 0 Å². The normalized spacial score (nSPS) is 16.9. The Kier molecular flexibility index (Phi) is 5.92. The summed E-state index contributed by atoms with van der Waals surface area (Å²) in [6.45, 7) is -1.37. The summed E-state index contributed by atoms with van der Waals surface area (Å²) >= 11 is 0. The van der Waals surface area contributed by atoms with Gasteiger partial charge in [0.2, 0.25) is 0 Å². The zero-order valence-electron chi connectivity index (χ0n) is 13.6. The van der Waals surface area contributed by atoms with Gasteiger partial charge in [-0.2, -0.15) is 13.2 Å². The van der Waals surface area contributed by atoms with E-state index in [2.05, 4.69) is 10.1 Å². The lowest BCUT2D eigenvalue weighted by Crippen LogP contribution is -2.44. The number of alkyl halides is 3. The van der Waals surface area contributed by atoms with Crippen LogP contribution in [0, 0.1) is 5.41 Å². The number of halogens is 3. The minimum absolute atomic E-state index is 0.00293. The fourth-order valence-corrected chi connectivity index (χ4v) is 2.91. The molecule has 1 amide bonds. The molecule has 0 aromatic heterocycles. The van der Waals surface area contributed by atoms with E-state index in [1.165, 1.54) is 24.3 Å². The van der Waals surface area contributed by atoms with Gasteiger partial charge in [-0.25, -0.2) is 0 Å². The maximum atomic E-state index is 12.2. The fraction of sp³-hybridized carbons (Fsp3) is 0.529. The number of aliphatic carboxylic acids is 1. The Bertz CT molecular complexity index is 607. The molecule has 1 aromatic rings. The van der Waals surface area contributed by atoms with Gasteiger partial charge in [0, 0.05) is 12.1 Å². The molecule has 2 N–H and O–H groups in total. The maximum absolute atomic E-state index is 12.2. The number of benzene rings is 1. The smallest absolute Gasteiger partial charge is 0.422 e. The summed E-state index contributed by atoms with van der Waals surface area (Å²) in [5.41, 5.74) is -0.709. The van der Waals surface area contributed by atoms with E-state index in [0.717, 1.165) is 19.3 Å². The molecule has 0 heterocycles. The van der Waals surface area contributed by atoms with Crippen molar-refractivity contribution >= 4 is 11.9 Å². The number of carbonyl (C=O) groups excluding carboxylic acids is 1. The summed E-state index contributed by atoms with van der Waals surface area (Å²) in [6.07, 6.45) is -0.774. The van der Waals surface area contributed by atoms with Crippen LogP contribution in [0.1, 0.15) is 42.5 Å². The van der Waals surface area contributed by atoms with Crippen LogP contribution in [0.2, 0.25) is 0 Å². The molecule has 0 spiro atoms. The molecule has 2 rings (SSSR count). The largest absolute Gasteiger partial charge is 0.484 e. The Hall–Kier alpha value is -2.25. The van der Waals surface area contributed by atoms with Crippen LogP contribution in [-0.2, 0) is 4.79 Å². The molecule has 1 aliphatic rings. The second-order valence-electron chi connectivity index (χ2n) is 6.26.